The van der Waals surface area contributed by atoms with Gasteiger partial charge in [-0.2, -0.15) is 0 Å². The SMILES string of the molecule is CCCCC(CNC(=O)OC(C)(C)C)NC1CCNC1. The first-order valence-corrected chi connectivity index (χ1v) is 7.84. The Morgan fingerprint density at radius 1 is 1.45 bits per heavy atom. The quantitative estimate of drug-likeness (QED) is 0.670. The Morgan fingerprint density at radius 3 is 2.75 bits per heavy atom. The summed E-state index contributed by atoms with van der Waals surface area (Å²) in [6.07, 6.45) is 4.27. The fraction of sp³-hybridized carbons (Fsp3) is 0.933. The van der Waals surface area contributed by atoms with Crippen molar-refractivity contribution in [1.82, 2.24) is 16.0 Å². The zero-order valence-electron chi connectivity index (χ0n) is 13.4. The van der Waals surface area contributed by atoms with Crippen LogP contribution in [0.1, 0.15) is 53.4 Å². The Kier molecular flexibility index (Phi) is 7.30. The molecule has 0 radical (unpaired) electrons. The van der Waals surface area contributed by atoms with E-state index >= 15 is 0 Å². The lowest BCUT2D eigenvalue weighted by Gasteiger charge is -2.24. The third-order valence-electron chi connectivity index (χ3n) is 3.33. The van der Waals surface area contributed by atoms with E-state index < -0.39 is 5.60 Å². The predicted molar refractivity (Wildman–Crippen MR) is 82.0 cm³/mol. The van der Waals surface area contributed by atoms with Crippen LogP contribution in [-0.4, -0.2) is 43.4 Å². The molecule has 1 aliphatic heterocycles. The van der Waals surface area contributed by atoms with Crippen LogP contribution in [0.25, 0.3) is 0 Å². The number of carbonyl (C=O) groups excluding carboxylic acids is 1. The number of hydrogen-bond donors (Lipinski definition) is 3. The number of ether oxygens (including phenoxy) is 1. The number of unbranched alkanes of at least 4 members (excludes halogenated alkanes) is 1. The van der Waals surface area contributed by atoms with E-state index in [9.17, 15) is 4.79 Å². The van der Waals surface area contributed by atoms with Gasteiger partial charge in [0, 0.05) is 25.2 Å². The van der Waals surface area contributed by atoms with E-state index in [1.807, 2.05) is 20.8 Å². The van der Waals surface area contributed by atoms with Crippen molar-refractivity contribution in [2.45, 2.75) is 71.1 Å². The molecule has 1 saturated heterocycles. The van der Waals surface area contributed by atoms with Gasteiger partial charge in [0.15, 0.2) is 0 Å². The van der Waals surface area contributed by atoms with Gasteiger partial charge in [-0.3, -0.25) is 0 Å². The van der Waals surface area contributed by atoms with Crippen LogP contribution in [0.2, 0.25) is 0 Å². The molecule has 1 fully saturated rings. The minimum Gasteiger partial charge on any atom is -0.444 e. The molecule has 0 aromatic rings. The average molecular weight is 285 g/mol. The van der Waals surface area contributed by atoms with E-state index in [1.165, 1.54) is 12.8 Å². The zero-order chi connectivity index (χ0) is 15.0. The van der Waals surface area contributed by atoms with E-state index in [1.54, 1.807) is 0 Å². The number of amides is 1. The number of hydrogen-bond acceptors (Lipinski definition) is 4. The molecule has 0 spiro atoms. The van der Waals surface area contributed by atoms with Gasteiger partial charge in [0.2, 0.25) is 0 Å². The standard InChI is InChI=1S/C15H31N3O2/c1-5-6-7-12(18-13-8-9-16-10-13)11-17-14(19)20-15(2,3)4/h12-13,16,18H,5-11H2,1-4H3,(H,17,19). The normalized spacial score (nSPS) is 20.7. The second kappa shape index (κ2) is 8.47. The Morgan fingerprint density at radius 2 is 2.20 bits per heavy atom. The second-order valence-electron chi connectivity index (χ2n) is 6.58. The fourth-order valence-electron chi connectivity index (χ4n) is 2.35. The van der Waals surface area contributed by atoms with Gasteiger partial charge in [-0.05, 0) is 40.2 Å². The van der Waals surface area contributed by atoms with Crippen molar-refractivity contribution in [2.75, 3.05) is 19.6 Å². The summed E-state index contributed by atoms with van der Waals surface area (Å²) in [5.41, 5.74) is -0.439. The summed E-state index contributed by atoms with van der Waals surface area (Å²) < 4.78 is 5.27. The van der Waals surface area contributed by atoms with Crippen LogP contribution in [0.15, 0.2) is 0 Å². The lowest BCUT2D eigenvalue weighted by atomic mass is 10.1. The Hall–Kier alpha value is -0.810. The minimum absolute atomic E-state index is 0.326. The number of nitrogens with one attached hydrogen (secondary N) is 3. The molecule has 5 nitrogen and oxygen atoms in total. The van der Waals surface area contributed by atoms with Crippen LogP contribution < -0.4 is 16.0 Å². The summed E-state index contributed by atoms with van der Waals surface area (Å²) >= 11 is 0. The molecule has 2 atom stereocenters. The molecule has 3 N–H and O–H groups in total. The van der Waals surface area contributed by atoms with Gasteiger partial charge >= 0.3 is 6.09 Å². The van der Waals surface area contributed by atoms with E-state index in [-0.39, 0.29) is 6.09 Å². The molecule has 1 rings (SSSR count). The van der Waals surface area contributed by atoms with Crippen LogP contribution in [0.4, 0.5) is 4.79 Å². The van der Waals surface area contributed by atoms with Crippen molar-refractivity contribution >= 4 is 6.09 Å². The fourth-order valence-corrected chi connectivity index (χ4v) is 2.35. The number of alkyl carbamates (subject to hydrolysis) is 1. The van der Waals surface area contributed by atoms with Gasteiger partial charge in [0.25, 0.3) is 0 Å². The van der Waals surface area contributed by atoms with Crippen LogP contribution in [0.3, 0.4) is 0 Å². The van der Waals surface area contributed by atoms with Crippen molar-refractivity contribution in [3.63, 3.8) is 0 Å². The second-order valence-corrected chi connectivity index (χ2v) is 6.58. The Bertz CT molecular complexity index is 283. The number of carbonyl (C=O) groups is 1. The minimum atomic E-state index is -0.439. The molecule has 5 heteroatoms. The van der Waals surface area contributed by atoms with Crippen molar-refractivity contribution in [3.8, 4) is 0 Å². The van der Waals surface area contributed by atoms with Crippen molar-refractivity contribution in [1.29, 1.82) is 0 Å². The Balaban J connectivity index is 2.33. The van der Waals surface area contributed by atoms with Crippen molar-refractivity contribution in [3.05, 3.63) is 0 Å². The summed E-state index contributed by atoms with van der Waals surface area (Å²) in [6.45, 7) is 10.6. The highest BCUT2D eigenvalue weighted by Crippen LogP contribution is 2.08. The predicted octanol–water partition coefficient (Wildman–Crippen LogP) is 2.02. The molecule has 0 bridgehead atoms. The van der Waals surface area contributed by atoms with Crippen molar-refractivity contribution < 1.29 is 9.53 Å². The Labute approximate surface area is 123 Å². The molecule has 0 saturated carbocycles. The zero-order valence-corrected chi connectivity index (χ0v) is 13.4. The molecule has 0 aliphatic carbocycles. The van der Waals surface area contributed by atoms with Gasteiger partial charge in [-0.15, -0.1) is 0 Å². The molecule has 1 aliphatic rings. The monoisotopic (exact) mass is 285 g/mol. The van der Waals surface area contributed by atoms with Crippen LogP contribution >= 0.6 is 0 Å². The van der Waals surface area contributed by atoms with Crippen LogP contribution in [0, 0.1) is 0 Å². The van der Waals surface area contributed by atoms with Gasteiger partial charge in [-0.1, -0.05) is 19.8 Å². The summed E-state index contributed by atoms with van der Waals surface area (Å²) in [5, 5.41) is 9.87. The average Bonchev–Trinajstić information content (AvgIpc) is 2.83. The third kappa shape index (κ3) is 7.70. The first-order chi connectivity index (χ1) is 9.40. The molecular formula is C15H31N3O2. The maximum atomic E-state index is 11.7. The first-order valence-electron chi connectivity index (χ1n) is 7.84. The molecule has 20 heavy (non-hydrogen) atoms. The maximum Gasteiger partial charge on any atom is 0.407 e. The first kappa shape index (κ1) is 17.2. The molecule has 2 unspecified atom stereocenters. The lowest BCUT2D eigenvalue weighted by molar-refractivity contribution is 0.0521. The van der Waals surface area contributed by atoms with Gasteiger partial charge in [0.05, 0.1) is 0 Å². The van der Waals surface area contributed by atoms with Crippen LogP contribution in [0.5, 0.6) is 0 Å². The van der Waals surface area contributed by atoms with Gasteiger partial charge in [0.1, 0.15) is 5.60 Å². The number of rotatable bonds is 7. The molecule has 0 aromatic carbocycles. The van der Waals surface area contributed by atoms with Gasteiger partial charge < -0.3 is 20.7 Å². The topological polar surface area (TPSA) is 62.4 Å². The van der Waals surface area contributed by atoms with E-state index in [4.69, 9.17) is 4.74 Å². The maximum absolute atomic E-state index is 11.7. The summed E-state index contributed by atoms with van der Waals surface area (Å²) in [6, 6.07) is 0.852. The summed E-state index contributed by atoms with van der Waals surface area (Å²) in [7, 11) is 0. The van der Waals surface area contributed by atoms with E-state index in [0.717, 1.165) is 25.9 Å². The molecule has 1 heterocycles. The summed E-state index contributed by atoms with van der Waals surface area (Å²) in [4.78, 5) is 11.7. The molecule has 118 valence electrons. The molecule has 1 amide bonds. The van der Waals surface area contributed by atoms with E-state index in [2.05, 4.69) is 22.9 Å². The summed E-state index contributed by atoms with van der Waals surface area (Å²) in [5.74, 6) is 0. The smallest absolute Gasteiger partial charge is 0.407 e. The van der Waals surface area contributed by atoms with Crippen molar-refractivity contribution in [2.24, 2.45) is 0 Å². The van der Waals surface area contributed by atoms with Crippen LogP contribution in [-0.2, 0) is 4.74 Å². The molecule has 0 aromatic heterocycles. The molecular weight excluding hydrogens is 254 g/mol. The van der Waals surface area contributed by atoms with Gasteiger partial charge in [-0.25, -0.2) is 4.79 Å². The lowest BCUT2D eigenvalue weighted by Crippen LogP contribution is -2.47. The third-order valence-corrected chi connectivity index (χ3v) is 3.33. The highest BCUT2D eigenvalue weighted by atomic mass is 16.6. The largest absolute Gasteiger partial charge is 0.444 e. The highest BCUT2D eigenvalue weighted by Gasteiger charge is 2.20. The van der Waals surface area contributed by atoms with E-state index in [0.29, 0.717) is 18.6 Å². The highest BCUT2D eigenvalue weighted by molar-refractivity contribution is 5.67.